The van der Waals surface area contributed by atoms with Crippen LogP contribution in [-0.4, -0.2) is 16.3 Å². The first-order chi connectivity index (χ1) is 8.96. The van der Waals surface area contributed by atoms with Gasteiger partial charge in [0, 0.05) is 33.5 Å². The molecule has 2 heterocycles. The van der Waals surface area contributed by atoms with Crippen LogP contribution in [0.15, 0.2) is 23.2 Å². The van der Waals surface area contributed by atoms with Gasteiger partial charge in [0.1, 0.15) is 0 Å². The molecule has 1 aliphatic heterocycles. The van der Waals surface area contributed by atoms with Crippen LogP contribution >= 0.6 is 11.8 Å². The zero-order valence-corrected chi connectivity index (χ0v) is 12.8. The fourth-order valence-electron chi connectivity index (χ4n) is 2.61. The summed E-state index contributed by atoms with van der Waals surface area (Å²) >= 11 is 1.96. The van der Waals surface area contributed by atoms with Crippen LogP contribution in [0.4, 0.5) is 5.69 Å². The van der Waals surface area contributed by atoms with Gasteiger partial charge in [-0.3, -0.25) is 4.98 Å². The Morgan fingerprint density at radius 3 is 2.79 bits per heavy atom. The zero-order chi connectivity index (χ0) is 13.6. The lowest BCUT2D eigenvalue weighted by Gasteiger charge is -2.25. The Morgan fingerprint density at radius 1 is 1.26 bits per heavy atom. The molecule has 0 saturated carbocycles. The predicted octanol–water partition coefficient (Wildman–Crippen LogP) is 4.40. The summed E-state index contributed by atoms with van der Waals surface area (Å²) in [7, 11) is 0. The largest absolute Gasteiger partial charge is 0.380 e. The van der Waals surface area contributed by atoms with E-state index in [-0.39, 0.29) is 5.54 Å². The fraction of sp³-hybridized carbons (Fsp3) is 0.438. The van der Waals surface area contributed by atoms with Gasteiger partial charge in [-0.2, -0.15) is 0 Å². The summed E-state index contributed by atoms with van der Waals surface area (Å²) < 4.78 is 0. The number of anilines is 1. The van der Waals surface area contributed by atoms with Gasteiger partial charge >= 0.3 is 0 Å². The van der Waals surface area contributed by atoms with Crippen molar-refractivity contribution in [1.82, 2.24) is 4.98 Å². The predicted molar refractivity (Wildman–Crippen MR) is 84.3 cm³/mol. The normalized spacial score (nSPS) is 14.7. The van der Waals surface area contributed by atoms with E-state index in [2.05, 4.69) is 50.1 Å². The minimum Gasteiger partial charge on any atom is -0.380 e. The molecule has 1 N–H and O–H groups in total. The van der Waals surface area contributed by atoms with Gasteiger partial charge in [-0.25, -0.2) is 0 Å². The van der Waals surface area contributed by atoms with Crippen LogP contribution in [0.5, 0.6) is 0 Å². The number of aromatic nitrogens is 1. The van der Waals surface area contributed by atoms with Crippen LogP contribution < -0.4 is 5.32 Å². The lowest BCUT2D eigenvalue weighted by atomic mass is 10.00. The van der Waals surface area contributed by atoms with E-state index in [1.807, 2.05) is 18.0 Å². The maximum absolute atomic E-state index is 4.60. The van der Waals surface area contributed by atoms with Crippen molar-refractivity contribution in [3.05, 3.63) is 29.5 Å². The molecule has 1 aliphatic rings. The van der Waals surface area contributed by atoms with Crippen molar-refractivity contribution in [3.8, 4) is 0 Å². The molecule has 2 aromatic rings. The van der Waals surface area contributed by atoms with Crippen molar-refractivity contribution in [3.63, 3.8) is 0 Å². The maximum atomic E-state index is 4.60. The summed E-state index contributed by atoms with van der Waals surface area (Å²) in [5.41, 5.74) is 5.14. The Hall–Kier alpha value is -1.22. The van der Waals surface area contributed by atoms with Crippen LogP contribution in [0.3, 0.4) is 0 Å². The number of pyridine rings is 1. The number of hydrogen-bond donors (Lipinski definition) is 1. The van der Waals surface area contributed by atoms with E-state index in [0.29, 0.717) is 0 Å². The van der Waals surface area contributed by atoms with E-state index in [0.717, 1.165) is 11.9 Å². The molecular formula is C16H20N2S. The van der Waals surface area contributed by atoms with Gasteiger partial charge < -0.3 is 5.32 Å². The SMILES string of the molecule is Cc1cnc2ccc3c(c2c1NC(C)(C)C)CCS3. The van der Waals surface area contributed by atoms with Gasteiger partial charge in [0.15, 0.2) is 0 Å². The molecule has 2 nitrogen and oxygen atoms in total. The van der Waals surface area contributed by atoms with Crippen LogP contribution in [0, 0.1) is 6.92 Å². The molecule has 0 fully saturated rings. The third-order valence-corrected chi connectivity index (χ3v) is 4.50. The van der Waals surface area contributed by atoms with E-state index in [1.54, 1.807) is 0 Å². The molecule has 3 heteroatoms. The molecular weight excluding hydrogens is 252 g/mol. The average molecular weight is 272 g/mol. The summed E-state index contributed by atoms with van der Waals surface area (Å²) in [4.78, 5) is 6.03. The molecule has 19 heavy (non-hydrogen) atoms. The number of aryl methyl sites for hydroxylation is 2. The van der Waals surface area contributed by atoms with Gasteiger partial charge in [0.2, 0.25) is 0 Å². The molecule has 1 aromatic carbocycles. The summed E-state index contributed by atoms with van der Waals surface area (Å²) in [5.74, 6) is 1.19. The van der Waals surface area contributed by atoms with Crippen LogP contribution in [0.25, 0.3) is 10.9 Å². The molecule has 0 bridgehead atoms. The van der Waals surface area contributed by atoms with E-state index in [9.17, 15) is 0 Å². The number of rotatable bonds is 1. The lowest BCUT2D eigenvalue weighted by Crippen LogP contribution is -2.27. The molecule has 0 unspecified atom stereocenters. The second kappa shape index (κ2) is 4.41. The molecule has 0 saturated heterocycles. The summed E-state index contributed by atoms with van der Waals surface area (Å²) in [5, 5.41) is 5.00. The monoisotopic (exact) mass is 272 g/mol. The summed E-state index contributed by atoms with van der Waals surface area (Å²) in [6, 6.07) is 4.37. The third-order valence-electron chi connectivity index (χ3n) is 3.40. The highest BCUT2D eigenvalue weighted by atomic mass is 32.2. The van der Waals surface area contributed by atoms with Gasteiger partial charge in [-0.05, 0) is 57.4 Å². The standard InChI is InChI=1S/C16H20N2S/c1-10-9-17-12-5-6-13-11(7-8-19-13)14(12)15(10)18-16(2,3)4/h5-6,9H,7-8H2,1-4H3,(H,17,18). The molecule has 0 atom stereocenters. The second-order valence-electron chi connectivity index (χ2n) is 6.23. The van der Waals surface area contributed by atoms with Crippen molar-refractivity contribution in [2.45, 2.75) is 44.6 Å². The number of nitrogens with one attached hydrogen (secondary N) is 1. The first-order valence-electron chi connectivity index (χ1n) is 6.78. The zero-order valence-electron chi connectivity index (χ0n) is 12.0. The van der Waals surface area contributed by atoms with Crippen LogP contribution in [0.2, 0.25) is 0 Å². The quantitative estimate of drug-likeness (QED) is 0.832. The number of fused-ring (bicyclic) bond motifs is 3. The number of benzene rings is 1. The van der Waals surface area contributed by atoms with Gasteiger partial charge in [-0.15, -0.1) is 11.8 Å². The third kappa shape index (κ3) is 2.32. The molecule has 0 amide bonds. The molecule has 3 rings (SSSR count). The van der Waals surface area contributed by atoms with Gasteiger partial charge in [-0.1, -0.05) is 0 Å². The van der Waals surface area contributed by atoms with E-state index in [1.165, 1.54) is 32.8 Å². The topological polar surface area (TPSA) is 24.9 Å². The maximum Gasteiger partial charge on any atom is 0.0726 e. The molecule has 0 spiro atoms. The summed E-state index contributed by atoms with van der Waals surface area (Å²) in [6.07, 6.45) is 3.13. The average Bonchev–Trinajstić information content (AvgIpc) is 2.79. The molecule has 100 valence electrons. The smallest absolute Gasteiger partial charge is 0.0726 e. The minimum atomic E-state index is 0.0630. The number of thioether (sulfide) groups is 1. The first kappa shape index (κ1) is 12.8. The Morgan fingerprint density at radius 2 is 2.05 bits per heavy atom. The van der Waals surface area contributed by atoms with Gasteiger partial charge in [0.25, 0.3) is 0 Å². The second-order valence-corrected chi connectivity index (χ2v) is 7.36. The van der Waals surface area contributed by atoms with Crippen molar-refractivity contribution in [2.75, 3.05) is 11.1 Å². The molecule has 0 radical (unpaired) electrons. The minimum absolute atomic E-state index is 0.0630. The first-order valence-corrected chi connectivity index (χ1v) is 7.76. The Labute approximate surface area is 119 Å². The van der Waals surface area contributed by atoms with Crippen molar-refractivity contribution in [1.29, 1.82) is 0 Å². The Balaban J connectivity index is 2.29. The highest BCUT2D eigenvalue weighted by Gasteiger charge is 2.20. The van der Waals surface area contributed by atoms with Gasteiger partial charge in [0.05, 0.1) is 5.52 Å². The number of nitrogens with zero attached hydrogens (tertiary/aromatic N) is 1. The molecule has 0 aliphatic carbocycles. The summed E-state index contributed by atoms with van der Waals surface area (Å²) in [6.45, 7) is 8.76. The van der Waals surface area contributed by atoms with Crippen LogP contribution in [0.1, 0.15) is 31.9 Å². The highest BCUT2D eigenvalue weighted by Crippen LogP contribution is 2.40. The van der Waals surface area contributed by atoms with Crippen LogP contribution in [-0.2, 0) is 6.42 Å². The van der Waals surface area contributed by atoms with E-state index >= 15 is 0 Å². The van der Waals surface area contributed by atoms with E-state index in [4.69, 9.17) is 0 Å². The van der Waals surface area contributed by atoms with Crippen molar-refractivity contribution < 1.29 is 0 Å². The lowest BCUT2D eigenvalue weighted by molar-refractivity contribution is 0.634. The highest BCUT2D eigenvalue weighted by molar-refractivity contribution is 7.99. The fourth-order valence-corrected chi connectivity index (χ4v) is 3.68. The van der Waals surface area contributed by atoms with Crippen molar-refractivity contribution >= 4 is 28.4 Å². The van der Waals surface area contributed by atoms with Crippen molar-refractivity contribution in [2.24, 2.45) is 0 Å². The molecule has 1 aromatic heterocycles. The Bertz CT molecular complexity index is 641. The van der Waals surface area contributed by atoms with E-state index < -0.39 is 0 Å². The number of hydrogen-bond acceptors (Lipinski definition) is 3. The Kier molecular flexibility index (Phi) is 2.97.